The van der Waals surface area contributed by atoms with Crippen molar-refractivity contribution in [2.45, 2.75) is 50.7 Å². The zero-order valence-corrected chi connectivity index (χ0v) is 19.9. The predicted octanol–water partition coefficient (Wildman–Crippen LogP) is 3.79. The van der Waals surface area contributed by atoms with E-state index in [0.29, 0.717) is 19.5 Å². The van der Waals surface area contributed by atoms with E-state index in [4.69, 9.17) is 14.6 Å². The highest BCUT2D eigenvalue weighted by molar-refractivity contribution is 5.80. The molecule has 2 aromatic carbocycles. The third-order valence-corrected chi connectivity index (χ3v) is 6.64. The molecule has 2 amide bonds. The van der Waals surface area contributed by atoms with Crippen LogP contribution < -0.4 is 5.32 Å². The van der Waals surface area contributed by atoms with Crippen molar-refractivity contribution in [2.75, 3.05) is 26.3 Å². The Kier molecular flexibility index (Phi) is 8.02. The van der Waals surface area contributed by atoms with E-state index in [1.165, 1.54) is 11.1 Å². The molecule has 2 aromatic rings. The number of hydrogen-bond donors (Lipinski definition) is 2. The van der Waals surface area contributed by atoms with Crippen LogP contribution in [0.2, 0.25) is 0 Å². The third-order valence-electron chi connectivity index (χ3n) is 6.64. The number of nitrogens with one attached hydrogen (secondary N) is 1. The van der Waals surface area contributed by atoms with Gasteiger partial charge in [0.15, 0.2) is 0 Å². The number of likely N-dealkylation sites (tertiary alicyclic amines) is 1. The fourth-order valence-electron chi connectivity index (χ4n) is 4.76. The number of fused-ring (bicyclic) bond motifs is 3. The van der Waals surface area contributed by atoms with E-state index in [0.717, 1.165) is 24.0 Å². The van der Waals surface area contributed by atoms with Gasteiger partial charge in [-0.1, -0.05) is 68.3 Å². The van der Waals surface area contributed by atoms with Gasteiger partial charge in [0.25, 0.3) is 0 Å². The molecule has 35 heavy (non-hydrogen) atoms. The number of alkyl carbamates (subject to hydrolysis) is 1. The molecule has 4 rings (SSSR count). The monoisotopic (exact) mass is 480 g/mol. The second-order valence-electron chi connectivity index (χ2n) is 9.14. The van der Waals surface area contributed by atoms with Gasteiger partial charge in [-0.2, -0.15) is 0 Å². The first-order valence-corrected chi connectivity index (χ1v) is 12.2. The zero-order valence-electron chi connectivity index (χ0n) is 19.9. The van der Waals surface area contributed by atoms with Gasteiger partial charge in [0.2, 0.25) is 5.91 Å². The number of hydrogen-bond acceptors (Lipinski definition) is 5. The average molecular weight is 481 g/mol. The second-order valence-corrected chi connectivity index (χ2v) is 9.14. The third kappa shape index (κ3) is 6.00. The Balaban J connectivity index is 1.30. The lowest BCUT2D eigenvalue weighted by molar-refractivity contribution is -0.154. The maximum Gasteiger partial charge on any atom is 0.407 e. The van der Waals surface area contributed by atoms with Crippen molar-refractivity contribution < 1.29 is 29.0 Å². The minimum Gasteiger partial charge on any atom is -0.480 e. The van der Waals surface area contributed by atoms with E-state index in [2.05, 4.69) is 36.5 Å². The molecule has 0 bridgehead atoms. The molecule has 1 aliphatic heterocycles. The SMILES string of the molecule is CCCCC(CC(=O)N1CC(OCC(=O)O)C1)NC(=O)OCC1c2ccccc2-c2ccccc21. The maximum absolute atomic E-state index is 12.7. The van der Waals surface area contributed by atoms with E-state index < -0.39 is 12.1 Å². The first kappa shape index (κ1) is 24.7. The molecule has 8 heteroatoms. The Labute approximate surface area is 205 Å². The van der Waals surface area contributed by atoms with Crippen LogP contribution in [-0.4, -0.2) is 66.4 Å². The molecule has 0 saturated carbocycles. The number of amides is 2. The quantitative estimate of drug-likeness (QED) is 0.507. The molecule has 1 unspecified atom stereocenters. The molecule has 186 valence electrons. The number of nitrogens with zero attached hydrogens (tertiary/aromatic N) is 1. The van der Waals surface area contributed by atoms with E-state index in [9.17, 15) is 14.4 Å². The Hall–Kier alpha value is -3.39. The summed E-state index contributed by atoms with van der Waals surface area (Å²) in [4.78, 5) is 37.6. The number of carbonyl (C=O) groups excluding carboxylic acids is 2. The van der Waals surface area contributed by atoms with Gasteiger partial charge in [-0.05, 0) is 28.7 Å². The van der Waals surface area contributed by atoms with Crippen LogP contribution in [0.3, 0.4) is 0 Å². The Morgan fingerprint density at radius 1 is 1.06 bits per heavy atom. The number of carboxylic acids is 1. The van der Waals surface area contributed by atoms with Gasteiger partial charge in [-0.15, -0.1) is 0 Å². The highest BCUT2D eigenvalue weighted by Crippen LogP contribution is 2.44. The van der Waals surface area contributed by atoms with E-state index >= 15 is 0 Å². The number of aliphatic carboxylic acids is 1. The molecule has 2 N–H and O–H groups in total. The Morgan fingerprint density at radius 2 is 1.69 bits per heavy atom. The Bertz CT molecular complexity index is 1020. The molecule has 1 fully saturated rings. The van der Waals surface area contributed by atoms with Crippen LogP contribution >= 0.6 is 0 Å². The van der Waals surface area contributed by atoms with Crippen LogP contribution in [0.1, 0.15) is 49.7 Å². The summed E-state index contributed by atoms with van der Waals surface area (Å²) in [5.41, 5.74) is 4.64. The molecule has 1 aliphatic carbocycles. The van der Waals surface area contributed by atoms with Gasteiger partial charge >= 0.3 is 12.1 Å². The van der Waals surface area contributed by atoms with Crippen molar-refractivity contribution in [3.63, 3.8) is 0 Å². The first-order valence-electron chi connectivity index (χ1n) is 12.2. The molecule has 0 aromatic heterocycles. The molecular formula is C27H32N2O6. The lowest BCUT2D eigenvalue weighted by Crippen LogP contribution is -2.56. The number of unbranched alkanes of at least 4 members (excludes halogenated alkanes) is 1. The zero-order chi connectivity index (χ0) is 24.8. The molecular weight excluding hydrogens is 448 g/mol. The van der Waals surface area contributed by atoms with Crippen molar-refractivity contribution in [2.24, 2.45) is 0 Å². The minimum absolute atomic E-state index is 0.0207. The van der Waals surface area contributed by atoms with Crippen LogP contribution in [0.5, 0.6) is 0 Å². The maximum atomic E-state index is 12.7. The minimum atomic E-state index is -1.03. The van der Waals surface area contributed by atoms with E-state index in [-0.39, 0.29) is 43.6 Å². The van der Waals surface area contributed by atoms with Crippen molar-refractivity contribution in [3.8, 4) is 11.1 Å². The molecule has 1 saturated heterocycles. The van der Waals surface area contributed by atoms with Crippen LogP contribution in [0.25, 0.3) is 11.1 Å². The normalized spacial score (nSPS) is 15.6. The first-order chi connectivity index (χ1) is 17.0. The van der Waals surface area contributed by atoms with Crippen molar-refractivity contribution in [3.05, 3.63) is 59.7 Å². The van der Waals surface area contributed by atoms with Gasteiger partial charge in [0, 0.05) is 31.5 Å². The van der Waals surface area contributed by atoms with Gasteiger partial charge < -0.3 is 24.8 Å². The number of carboxylic acid groups (broad SMARTS) is 1. The summed E-state index contributed by atoms with van der Waals surface area (Å²) >= 11 is 0. The number of ether oxygens (including phenoxy) is 2. The molecule has 1 atom stereocenters. The highest BCUT2D eigenvalue weighted by atomic mass is 16.5. The van der Waals surface area contributed by atoms with Crippen molar-refractivity contribution in [1.29, 1.82) is 0 Å². The lowest BCUT2D eigenvalue weighted by Gasteiger charge is -2.39. The smallest absolute Gasteiger partial charge is 0.407 e. The van der Waals surface area contributed by atoms with Crippen LogP contribution in [0.15, 0.2) is 48.5 Å². The topological polar surface area (TPSA) is 105 Å². The number of rotatable bonds is 11. The summed E-state index contributed by atoms with van der Waals surface area (Å²) in [5, 5.41) is 11.6. The van der Waals surface area contributed by atoms with E-state index in [1.54, 1.807) is 4.90 Å². The second kappa shape index (κ2) is 11.4. The standard InChI is InChI=1S/C27H32N2O6/c1-2-3-8-18(13-25(30)29-14-19(15-29)34-17-26(31)32)28-27(33)35-16-24-22-11-6-4-9-20(22)21-10-5-7-12-23(21)24/h4-7,9-12,18-19,24H,2-3,8,13-17H2,1H3,(H,28,33)(H,31,32). The average Bonchev–Trinajstić information content (AvgIpc) is 3.13. The van der Waals surface area contributed by atoms with Crippen LogP contribution in [0.4, 0.5) is 4.79 Å². The van der Waals surface area contributed by atoms with Gasteiger partial charge in [-0.3, -0.25) is 4.79 Å². The molecule has 8 nitrogen and oxygen atoms in total. The lowest BCUT2D eigenvalue weighted by atomic mass is 9.98. The largest absolute Gasteiger partial charge is 0.480 e. The van der Waals surface area contributed by atoms with Crippen molar-refractivity contribution in [1.82, 2.24) is 10.2 Å². The van der Waals surface area contributed by atoms with Gasteiger partial charge in [0.05, 0.1) is 6.10 Å². The molecule has 0 radical (unpaired) electrons. The molecule has 0 spiro atoms. The van der Waals surface area contributed by atoms with E-state index in [1.807, 2.05) is 24.3 Å². The number of carbonyl (C=O) groups is 3. The summed E-state index contributed by atoms with van der Waals surface area (Å²) < 4.78 is 10.9. The summed E-state index contributed by atoms with van der Waals surface area (Å²) in [6.45, 7) is 2.67. The van der Waals surface area contributed by atoms with Gasteiger partial charge in [0.1, 0.15) is 13.2 Å². The highest BCUT2D eigenvalue weighted by Gasteiger charge is 2.33. The van der Waals surface area contributed by atoms with Crippen LogP contribution in [0, 0.1) is 0 Å². The summed E-state index contributed by atoms with van der Waals surface area (Å²) in [5.74, 6) is -1.13. The van der Waals surface area contributed by atoms with Crippen molar-refractivity contribution >= 4 is 18.0 Å². The fraction of sp³-hybridized carbons (Fsp3) is 0.444. The Morgan fingerprint density at radius 3 is 2.29 bits per heavy atom. The molecule has 1 heterocycles. The fourth-order valence-corrected chi connectivity index (χ4v) is 4.76. The van der Waals surface area contributed by atoms with Crippen LogP contribution in [-0.2, 0) is 19.1 Å². The summed E-state index contributed by atoms with van der Waals surface area (Å²) in [6, 6.07) is 16.0. The molecule has 2 aliphatic rings. The number of benzene rings is 2. The predicted molar refractivity (Wildman–Crippen MR) is 130 cm³/mol. The summed E-state index contributed by atoms with van der Waals surface area (Å²) in [7, 11) is 0. The summed E-state index contributed by atoms with van der Waals surface area (Å²) in [6.07, 6.45) is 1.92. The van der Waals surface area contributed by atoms with Gasteiger partial charge in [-0.25, -0.2) is 9.59 Å².